The second-order valence-corrected chi connectivity index (χ2v) is 10.4. The minimum absolute atomic E-state index is 0.0950. The fourth-order valence-corrected chi connectivity index (χ4v) is 5.35. The third-order valence-electron chi connectivity index (χ3n) is 5.36. The summed E-state index contributed by atoms with van der Waals surface area (Å²) in [4.78, 5) is 14.1. The molecule has 3 aromatic rings. The third kappa shape index (κ3) is 6.49. The van der Waals surface area contributed by atoms with E-state index in [9.17, 15) is 13.2 Å². The molecule has 9 heteroatoms. The number of benzene rings is 3. The van der Waals surface area contributed by atoms with Crippen LogP contribution in [-0.4, -0.2) is 40.8 Å². The summed E-state index contributed by atoms with van der Waals surface area (Å²) < 4.78 is 39.4. The van der Waals surface area contributed by atoms with Crippen molar-refractivity contribution in [3.8, 4) is 11.5 Å². The molecule has 0 aliphatic rings. The lowest BCUT2D eigenvalue weighted by molar-refractivity contribution is -0.120. The van der Waals surface area contributed by atoms with Gasteiger partial charge in [-0.3, -0.25) is 9.10 Å². The van der Waals surface area contributed by atoms with Crippen LogP contribution in [0.15, 0.2) is 82.6 Å². The van der Waals surface area contributed by atoms with E-state index < -0.39 is 22.5 Å². The minimum atomic E-state index is -4.06. The van der Waals surface area contributed by atoms with Gasteiger partial charge in [0.1, 0.15) is 18.0 Å². The first kappa shape index (κ1) is 26.4. The lowest BCUT2D eigenvalue weighted by atomic mass is 10.1. The van der Waals surface area contributed by atoms with E-state index in [1.807, 2.05) is 44.4 Å². The van der Waals surface area contributed by atoms with E-state index in [-0.39, 0.29) is 10.9 Å². The second kappa shape index (κ2) is 12.0. The molecule has 3 aromatic carbocycles. The highest BCUT2D eigenvalue weighted by Crippen LogP contribution is 2.33. The van der Waals surface area contributed by atoms with Gasteiger partial charge in [0.25, 0.3) is 10.0 Å². The highest BCUT2D eigenvalue weighted by atomic mass is 32.2. The number of methoxy groups -OCH3 is 1. The van der Waals surface area contributed by atoms with Crippen LogP contribution in [0.5, 0.6) is 11.5 Å². The standard InChI is InChI=1S/C26H30N2O5S2/c1-5-33-25-9-7-6-8-24(25)28(35(30,31)23-16-14-22(34-4)15-17-23)18-26(29)27-19(2)20-10-12-21(32-3)13-11-20/h6-17,19H,5,18H2,1-4H3,(H,27,29)/t19-/m0/s1. The topological polar surface area (TPSA) is 84.9 Å². The van der Waals surface area contributed by atoms with Crippen LogP contribution in [0, 0.1) is 0 Å². The van der Waals surface area contributed by atoms with Gasteiger partial charge in [-0.15, -0.1) is 11.8 Å². The van der Waals surface area contributed by atoms with E-state index in [1.165, 1.54) is 11.8 Å². The molecule has 0 aromatic heterocycles. The number of nitrogens with one attached hydrogen (secondary N) is 1. The summed E-state index contributed by atoms with van der Waals surface area (Å²) in [5.74, 6) is 0.656. The van der Waals surface area contributed by atoms with Crippen molar-refractivity contribution in [1.82, 2.24) is 5.32 Å². The smallest absolute Gasteiger partial charge is 0.264 e. The molecule has 0 bridgehead atoms. The van der Waals surface area contributed by atoms with Crippen LogP contribution in [0.3, 0.4) is 0 Å². The Labute approximate surface area is 211 Å². The first-order valence-corrected chi connectivity index (χ1v) is 13.8. The molecular weight excluding hydrogens is 484 g/mol. The summed E-state index contributed by atoms with van der Waals surface area (Å²) in [6.45, 7) is 3.61. The molecule has 1 amide bonds. The Hall–Kier alpha value is -3.17. The normalized spacial score (nSPS) is 12.0. The quantitative estimate of drug-likeness (QED) is 0.367. The molecule has 0 radical (unpaired) electrons. The minimum Gasteiger partial charge on any atom is -0.497 e. The molecule has 0 spiro atoms. The summed E-state index contributed by atoms with van der Waals surface area (Å²) in [6.07, 6.45) is 1.92. The van der Waals surface area contributed by atoms with Crippen LogP contribution in [0.25, 0.3) is 0 Å². The number of sulfonamides is 1. The molecule has 1 atom stereocenters. The lowest BCUT2D eigenvalue weighted by Crippen LogP contribution is -2.41. The fraction of sp³-hybridized carbons (Fsp3) is 0.269. The first-order chi connectivity index (χ1) is 16.8. The van der Waals surface area contributed by atoms with E-state index in [1.54, 1.807) is 55.6 Å². The molecule has 0 saturated carbocycles. The Morgan fingerprint density at radius 2 is 1.69 bits per heavy atom. The molecule has 7 nitrogen and oxygen atoms in total. The van der Waals surface area contributed by atoms with Crippen LogP contribution in [0.4, 0.5) is 5.69 Å². The van der Waals surface area contributed by atoms with Gasteiger partial charge >= 0.3 is 0 Å². The molecule has 35 heavy (non-hydrogen) atoms. The van der Waals surface area contributed by atoms with Crippen molar-refractivity contribution in [2.45, 2.75) is 29.7 Å². The summed E-state index contributed by atoms with van der Waals surface area (Å²) in [6, 6.07) is 20.4. The van der Waals surface area contributed by atoms with Crippen molar-refractivity contribution < 1.29 is 22.7 Å². The molecule has 3 rings (SSSR count). The largest absolute Gasteiger partial charge is 0.497 e. The van der Waals surface area contributed by atoms with E-state index in [2.05, 4.69) is 5.32 Å². The Morgan fingerprint density at radius 3 is 2.29 bits per heavy atom. The fourth-order valence-electron chi connectivity index (χ4n) is 3.51. The van der Waals surface area contributed by atoms with Crippen LogP contribution in [0.1, 0.15) is 25.5 Å². The van der Waals surface area contributed by atoms with Crippen molar-refractivity contribution in [3.05, 3.63) is 78.4 Å². The van der Waals surface area contributed by atoms with Crippen molar-refractivity contribution in [3.63, 3.8) is 0 Å². The zero-order chi connectivity index (χ0) is 25.4. The van der Waals surface area contributed by atoms with Gasteiger partial charge in [0.15, 0.2) is 0 Å². The summed E-state index contributed by atoms with van der Waals surface area (Å²) in [5, 5.41) is 2.90. The maximum atomic E-state index is 13.7. The van der Waals surface area contributed by atoms with Crippen molar-refractivity contribution in [1.29, 1.82) is 0 Å². The number of amides is 1. The van der Waals surface area contributed by atoms with Crippen molar-refractivity contribution in [2.75, 3.05) is 30.8 Å². The SMILES string of the molecule is CCOc1ccccc1N(CC(=O)N[C@@H](C)c1ccc(OC)cc1)S(=O)(=O)c1ccc(SC)cc1. The van der Waals surface area contributed by atoms with E-state index in [0.717, 1.165) is 14.8 Å². The monoisotopic (exact) mass is 514 g/mol. The third-order valence-corrected chi connectivity index (χ3v) is 7.88. The number of anilines is 1. The number of hydrogen-bond acceptors (Lipinski definition) is 6. The molecule has 0 aliphatic carbocycles. The van der Waals surface area contributed by atoms with E-state index >= 15 is 0 Å². The maximum Gasteiger partial charge on any atom is 0.264 e. The second-order valence-electron chi connectivity index (χ2n) is 7.65. The van der Waals surface area contributed by atoms with Crippen LogP contribution < -0.4 is 19.1 Å². The number of ether oxygens (including phenoxy) is 2. The van der Waals surface area contributed by atoms with Crippen LogP contribution in [-0.2, 0) is 14.8 Å². The number of carbonyl (C=O) groups excluding carboxylic acids is 1. The van der Waals surface area contributed by atoms with Gasteiger partial charge in [-0.05, 0) is 74.2 Å². The predicted octanol–water partition coefficient (Wildman–Crippen LogP) is 4.89. The van der Waals surface area contributed by atoms with Crippen molar-refractivity contribution >= 4 is 33.4 Å². The number of hydrogen-bond donors (Lipinski definition) is 1. The molecule has 1 N–H and O–H groups in total. The average molecular weight is 515 g/mol. The Morgan fingerprint density at radius 1 is 1.03 bits per heavy atom. The Balaban J connectivity index is 1.92. The molecule has 186 valence electrons. The van der Waals surface area contributed by atoms with Gasteiger partial charge in [0.2, 0.25) is 5.91 Å². The predicted molar refractivity (Wildman–Crippen MR) is 140 cm³/mol. The molecule has 0 unspecified atom stereocenters. The zero-order valence-corrected chi connectivity index (χ0v) is 21.9. The summed E-state index contributed by atoms with van der Waals surface area (Å²) >= 11 is 1.52. The van der Waals surface area contributed by atoms with Gasteiger partial charge in [0.05, 0.1) is 30.3 Å². The van der Waals surface area contributed by atoms with Gasteiger partial charge in [-0.2, -0.15) is 0 Å². The number of nitrogens with zero attached hydrogens (tertiary/aromatic N) is 1. The highest BCUT2D eigenvalue weighted by Gasteiger charge is 2.30. The Bertz CT molecular complexity index is 1230. The number of para-hydroxylation sites is 2. The zero-order valence-electron chi connectivity index (χ0n) is 20.2. The molecular formula is C26H30N2O5S2. The number of carbonyl (C=O) groups is 1. The number of thioether (sulfide) groups is 1. The number of rotatable bonds is 11. The van der Waals surface area contributed by atoms with Crippen molar-refractivity contribution in [2.24, 2.45) is 0 Å². The molecule has 0 heterocycles. The van der Waals surface area contributed by atoms with Crippen LogP contribution in [0.2, 0.25) is 0 Å². The first-order valence-electron chi connectivity index (χ1n) is 11.1. The van der Waals surface area contributed by atoms with Gasteiger partial charge in [-0.25, -0.2) is 8.42 Å². The summed E-state index contributed by atoms with van der Waals surface area (Å²) in [7, 11) is -2.47. The molecule has 0 saturated heterocycles. The van der Waals surface area contributed by atoms with Crippen LogP contribution >= 0.6 is 11.8 Å². The van der Waals surface area contributed by atoms with E-state index in [0.29, 0.717) is 23.8 Å². The Kier molecular flexibility index (Phi) is 9.06. The molecule has 0 fully saturated rings. The maximum absolute atomic E-state index is 13.7. The van der Waals surface area contributed by atoms with Gasteiger partial charge < -0.3 is 14.8 Å². The van der Waals surface area contributed by atoms with E-state index in [4.69, 9.17) is 9.47 Å². The molecule has 0 aliphatic heterocycles. The van der Waals surface area contributed by atoms with Gasteiger partial charge in [-0.1, -0.05) is 24.3 Å². The highest BCUT2D eigenvalue weighted by molar-refractivity contribution is 7.98. The lowest BCUT2D eigenvalue weighted by Gasteiger charge is -2.26. The van der Waals surface area contributed by atoms with Gasteiger partial charge in [0, 0.05) is 4.90 Å². The average Bonchev–Trinajstić information content (AvgIpc) is 2.88. The summed E-state index contributed by atoms with van der Waals surface area (Å²) in [5.41, 5.74) is 1.17.